The van der Waals surface area contributed by atoms with E-state index in [2.05, 4.69) is 15.0 Å². The number of aromatic amines is 2. The van der Waals surface area contributed by atoms with Crippen LogP contribution in [-0.2, 0) is 0 Å². The lowest BCUT2D eigenvalue weighted by atomic mass is 10.1. The zero-order valence-electron chi connectivity index (χ0n) is 9.72. The van der Waals surface area contributed by atoms with Gasteiger partial charge in [0.25, 0.3) is 5.56 Å². The SMILES string of the molecule is N[C@@H]1CCCN(n2cnc3c(=O)[nH]c(=O)[nH]c32)C1. The Morgan fingerprint density at radius 1 is 1.39 bits per heavy atom. The molecule has 96 valence electrons. The van der Waals surface area contributed by atoms with Gasteiger partial charge in [0.05, 0.1) is 0 Å². The largest absolute Gasteiger partial charge is 0.327 e. The molecule has 1 aliphatic rings. The van der Waals surface area contributed by atoms with Crippen LogP contribution < -0.4 is 22.0 Å². The lowest BCUT2D eigenvalue weighted by Gasteiger charge is -2.32. The number of hydrogen-bond acceptors (Lipinski definition) is 5. The van der Waals surface area contributed by atoms with Gasteiger partial charge in [-0.25, -0.2) is 14.5 Å². The number of H-pyrrole nitrogens is 2. The number of nitrogens with one attached hydrogen (secondary N) is 2. The van der Waals surface area contributed by atoms with Crippen molar-refractivity contribution in [2.75, 3.05) is 18.1 Å². The average molecular weight is 250 g/mol. The maximum absolute atomic E-state index is 11.6. The molecule has 1 fully saturated rings. The van der Waals surface area contributed by atoms with E-state index in [0.717, 1.165) is 19.4 Å². The van der Waals surface area contributed by atoms with E-state index in [9.17, 15) is 9.59 Å². The average Bonchev–Trinajstić information content (AvgIpc) is 2.72. The topological polar surface area (TPSA) is 113 Å². The smallest absolute Gasteiger partial charge is 0.326 e. The zero-order chi connectivity index (χ0) is 12.7. The fraction of sp³-hybridized carbons (Fsp3) is 0.500. The molecule has 4 N–H and O–H groups in total. The lowest BCUT2D eigenvalue weighted by molar-refractivity contribution is 0.437. The Morgan fingerprint density at radius 2 is 2.22 bits per heavy atom. The minimum absolute atomic E-state index is 0.102. The quantitative estimate of drug-likeness (QED) is 0.568. The number of nitrogens with zero attached hydrogens (tertiary/aromatic N) is 3. The predicted octanol–water partition coefficient (Wildman–Crippen LogP) is -1.53. The van der Waals surface area contributed by atoms with E-state index >= 15 is 0 Å². The molecule has 0 saturated carbocycles. The molecule has 0 aliphatic carbocycles. The molecular formula is C10H14N6O2. The van der Waals surface area contributed by atoms with E-state index in [1.807, 2.05) is 5.01 Å². The third-order valence-electron chi connectivity index (χ3n) is 3.16. The molecule has 2 aromatic rings. The number of hydrogen-bond donors (Lipinski definition) is 3. The molecule has 0 aromatic carbocycles. The molecule has 0 radical (unpaired) electrons. The number of aromatic nitrogens is 4. The molecule has 2 aromatic heterocycles. The molecule has 0 unspecified atom stereocenters. The monoisotopic (exact) mass is 250 g/mol. The van der Waals surface area contributed by atoms with Crippen LogP contribution in [-0.4, -0.2) is 38.8 Å². The van der Waals surface area contributed by atoms with Crippen LogP contribution in [0.5, 0.6) is 0 Å². The first kappa shape index (κ1) is 11.0. The van der Waals surface area contributed by atoms with Crippen molar-refractivity contribution in [1.29, 1.82) is 0 Å². The van der Waals surface area contributed by atoms with E-state index in [-0.39, 0.29) is 11.6 Å². The van der Waals surface area contributed by atoms with Gasteiger partial charge in [-0.2, -0.15) is 0 Å². The van der Waals surface area contributed by atoms with Gasteiger partial charge in [-0.1, -0.05) is 0 Å². The van der Waals surface area contributed by atoms with Crippen molar-refractivity contribution in [3.63, 3.8) is 0 Å². The summed E-state index contributed by atoms with van der Waals surface area (Å²) in [6, 6.07) is 0.102. The standard InChI is InChI=1S/C10H14N6O2/c11-6-2-1-3-15(4-6)16-5-12-7-8(16)13-10(18)14-9(7)17/h5-6H,1-4,11H2,(H2,13,14,17,18)/t6-/m1/s1. The van der Waals surface area contributed by atoms with Gasteiger partial charge in [0.1, 0.15) is 6.33 Å². The Balaban J connectivity index is 2.12. The fourth-order valence-electron chi connectivity index (χ4n) is 2.32. The summed E-state index contributed by atoms with van der Waals surface area (Å²) in [5.41, 5.74) is 5.55. The molecule has 8 heteroatoms. The van der Waals surface area contributed by atoms with E-state index < -0.39 is 11.2 Å². The number of rotatable bonds is 1. The van der Waals surface area contributed by atoms with Crippen molar-refractivity contribution in [2.24, 2.45) is 5.73 Å². The Hall–Kier alpha value is -2.09. The first-order chi connectivity index (χ1) is 8.65. The summed E-state index contributed by atoms with van der Waals surface area (Å²) in [7, 11) is 0. The second-order valence-electron chi connectivity index (χ2n) is 4.51. The minimum atomic E-state index is -0.532. The van der Waals surface area contributed by atoms with Crippen LogP contribution in [0.3, 0.4) is 0 Å². The summed E-state index contributed by atoms with van der Waals surface area (Å²) >= 11 is 0. The molecule has 0 spiro atoms. The van der Waals surface area contributed by atoms with Gasteiger partial charge in [-0.3, -0.25) is 14.8 Å². The highest BCUT2D eigenvalue weighted by Gasteiger charge is 2.19. The van der Waals surface area contributed by atoms with Crippen LogP contribution in [0.4, 0.5) is 0 Å². The lowest BCUT2D eigenvalue weighted by Crippen LogP contribution is -2.48. The first-order valence-electron chi connectivity index (χ1n) is 5.85. The van der Waals surface area contributed by atoms with E-state index in [0.29, 0.717) is 12.2 Å². The normalized spacial score (nSPS) is 20.5. The van der Waals surface area contributed by atoms with Crippen molar-refractivity contribution in [3.05, 3.63) is 27.2 Å². The van der Waals surface area contributed by atoms with Gasteiger partial charge in [-0.15, -0.1) is 0 Å². The van der Waals surface area contributed by atoms with Gasteiger partial charge in [0.2, 0.25) is 0 Å². The van der Waals surface area contributed by atoms with Crippen molar-refractivity contribution in [1.82, 2.24) is 19.6 Å². The molecule has 3 heterocycles. The highest BCUT2D eigenvalue weighted by atomic mass is 16.2. The van der Waals surface area contributed by atoms with E-state index in [4.69, 9.17) is 5.73 Å². The van der Waals surface area contributed by atoms with Gasteiger partial charge in [0, 0.05) is 19.1 Å². The summed E-state index contributed by atoms with van der Waals surface area (Å²) in [6.45, 7) is 1.51. The molecule has 8 nitrogen and oxygen atoms in total. The minimum Gasteiger partial charge on any atom is -0.326 e. The first-order valence-corrected chi connectivity index (χ1v) is 5.85. The van der Waals surface area contributed by atoms with Gasteiger partial charge in [-0.05, 0) is 12.8 Å². The number of piperidine rings is 1. The predicted molar refractivity (Wildman–Crippen MR) is 66.1 cm³/mol. The molecule has 3 rings (SSSR count). The number of imidazole rings is 1. The molecule has 0 bridgehead atoms. The van der Waals surface area contributed by atoms with Gasteiger partial charge in [0.15, 0.2) is 11.2 Å². The summed E-state index contributed by atoms with van der Waals surface area (Å²) in [5.74, 6) is 0. The summed E-state index contributed by atoms with van der Waals surface area (Å²) in [5, 5.41) is 1.98. The van der Waals surface area contributed by atoms with Crippen LogP contribution in [0.1, 0.15) is 12.8 Å². The number of nitrogens with two attached hydrogens (primary N) is 1. The Bertz CT molecular complexity index is 683. The van der Waals surface area contributed by atoms with Gasteiger partial charge < -0.3 is 10.7 Å². The van der Waals surface area contributed by atoms with Crippen LogP contribution in [0.15, 0.2) is 15.9 Å². The van der Waals surface area contributed by atoms with Crippen LogP contribution in [0.2, 0.25) is 0 Å². The summed E-state index contributed by atoms with van der Waals surface area (Å²) < 4.78 is 1.70. The van der Waals surface area contributed by atoms with Crippen LogP contribution >= 0.6 is 0 Å². The fourth-order valence-corrected chi connectivity index (χ4v) is 2.32. The van der Waals surface area contributed by atoms with Crippen LogP contribution in [0.25, 0.3) is 11.2 Å². The molecule has 1 saturated heterocycles. The molecule has 1 atom stereocenters. The maximum atomic E-state index is 11.6. The van der Waals surface area contributed by atoms with Crippen molar-refractivity contribution >= 4 is 11.2 Å². The molecule has 0 amide bonds. The van der Waals surface area contributed by atoms with E-state index in [1.54, 1.807) is 4.68 Å². The second-order valence-corrected chi connectivity index (χ2v) is 4.51. The summed E-state index contributed by atoms with van der Waals surface area (Å²) in [4.78, 5) is 31.6. The zero-order valence-corrected chi connectivity index (χ0v) is 9.72. The Labute approximate surface area is 101 Å². The highest BCUT2D eigenvalue weighted by molar-refractivity contribution is 5.69. The van der Waals surface area contributed by atoms with Crippen molar-refractivity contribution in [3.8, 4) is 0 Å². The Morgan fingerprint density at radius 3 is 3.00 bits per heavy atom. The Kier molecular flexibility index (Phi) is 2.44. The third-order valence-corrected chi connectivity index (χ3v) is 3.16. The maximum Gasteiger partial charge on any atom is 0.327 e. The second kappa shape index (κ2) is 3.98. The summed E-state index contributed by atoms with van der Waals surface area (Å²) in [6.07, 6.45) is 3.50. The number of fused-ring (bicyclic) bond motifs is 1. The van der Waals surface area contributed by atoms with Gasteiger partial charge >= 0.3 is 5.69 Å². The molecule has 18 heavy (non-hydrogen) atoms. The van der Waals surface area contributed by atoms with Crippen molar-refractivity contribution < 1.29 is 0 Å². The van der Waals surface area contributed by atoms with E-state index in [1.165, 1.54) is 6.33 Å². The highest BCUT2D eigenvalue weighted by Crippen LogP contribution is 2.10. The van der Waals surface area contributed by atoms with Crippen LogP contribution in [0, 0.1) is 0 Å². The van der Waals surface area contributed by atoms with Crippen molar-refractivity contribution in [2.45, 2.75) is 18.9 Å². The molecule has 1 aliphatic heterocycles. The third kappa shape index (κ3) is 1.70. The molecular weight excluding hydrogens is 236 g/mol.